The van der Waals surface area contributed by atoms with E-state index in [4.69, 9.17) is 0 Å². The van der Waals surface area contributed by atoms with Crippen LogP contribution in [-0.4, -0.2) is 42.3 Å². The van der Waals surface area contributed by atoms with Gasteiger partial charge in [0.25, 0.3) is 0 Å². The van der Waals surface area contributed by atoms with Crippen molar-refractivity contribution in [1.29, 1.82) is 0 Å². The van der Waals surface area contributed by atoms with E-state index < -0.39 is 0 Å². The molecule has 1 heterocycles. The van der Waals surface area contributed by atoms with Crippen LogP contribution in [-0.2, 0) is 6.54 Å². The third-order valence-corrected chi connectivity index (χ3v) is 4.41. The third-order valence-electron chi connectivity index (χ3n) is 3.26. The molecule has 1 rings (SSSR count). The van der Waals surface area contributed by atoms with Crippen LogP contribution >= 0.6 is 11.3 Å². The summed E-state index contributed by atoms with van der Waals surface area (Å²) in [5.74, 6) is 0. The zero-order valence-corrected chi connectivity index (χ0v) is 12.8. The Balaban J connectivity index is 2.24. The number of nitrogens with zero attached hydrogens (tertiary/aromatic N) is 1. The summed E-state index contributed by atoms with van der Waals surface area (Å²) >= 11 is 1.83. The van der Waals surface area contributed by atoms with Gasteiger partial charge in [0.2, 0.25) is 0 Å². The Labute approximate surface area is 115 Å². The lowest BCUT2D eigenvalue weighted by atomic mass is 10.3. The number of likely N-dealkylation sites (N-methyl/N-ethyl adjacent to an activating group) is 1. The maximum atomic E-state index is 9.92. The van der Waals surface area contributed by atoms with Crippen molar-refractivity contribution in [2.45, 2.75) is 40.3 Å². The minimum atomic E-state index is -0.285. The lowest BCUT2D eigenvalue weighted by Crippen LogP contribution is -2.38. The van der Waals surface area contributed by atoms with Gasteiger partial charge in [-0.3, -0.25) is 0 Å². The summed E-state index contributed by atoms with van der Waals surface area (Å²) in [6, 6.07) is 2.23. The van der Waals surface area contributed by atoms with Gasteiger partial charge in [-0.25, -0.2) is 0 Å². The van der Waals surface area contributed by atoms with Gasteiger partial charge in [0.15, 0.2) is 0 Å². The lowest BCUT2D eigenvalue weighted by molar-refractivity contribution is 0.116. The van der Waals surface area contributed by atoms with Crippen LogP contribution in [0.5, 0.6) is 0 Å². The Hall–Kier alpha value is -0.420. The van der Waals surface area contributed by atoms with Gasteiger partial charge in [0, 0.05) is 29.4 Å². The Bertz CT molecular complexity index is 328. The Morgan fingerprint density at radius 1 is 1.33 bits per heavy atom. The van der Waals surface area contributed by atoms with Gasteiger partial charge in [0.1, 0.15) is 0 Å². The quantitative estimate of drug-likeness (QED) is 0.760. The van der Waals surface area contributed by atoms with Crippen molar-refractivity contribution < 1.29 is 5.11 Å². The summed E-state index contributed by atoms with van der Waals surface area (Å²) in [5, 5.41) is 13.2. The number of aryl methyl sites for hydroxylation is 2. The largest absolute Gasteiger partial charge is 0.390 e. The number of aliphatic hydroxyl groups is 1. The number of thiophene rings is 1. The highest BCUT2D eigenvalue weighted by molar-refractivity contribution is 7.12. The van der Waals surface area contributed by atoms with E-state index in [-0.39, 0.29) is 6.10 Å². The first-order chi connectivity index (χ1) is 8.56. The molecule has 0 aliphatic rings. The van der Waals surface area contributed by atoms with Gasteiger partial charge in [-0.05, 0) is 38.6 Å². The summed E-state index contributed by atoms with van der Waals surface area (Å²) in [7, 11) is 0. The predicted molar refractivity (Wildman–Crippen MR) is 79.3 cm³/mol. The molecule has 18 heavy (non-hydrogen) atoms. The second kappa shape index (κ2) is 7.89. The van der Waals surface area contributed by atoms with Crippen molar-refractivity contribution in [3.05, 3.63) is 21.4 Å². The van der Waals surface area contributed by atoms with Gasteiger partial charge in [-0.2, -0.15) is 0 Å². The molecule has 0 radical (unpaired) electrons. The van der Waals surface area contributed by atoms with Crippen molar-refractivity contribution in [2.24, 2.45) is 0 Å². The van der Waals surface area contributed by atoms with E-state index in [1.807, 2.05) is 11.3 Å². The van der Waals surface area contributed by atoms with Crippen LogP contribution in [0.3, 0.4) is 0 Å². The maximum Gasteiger partial charge on any atom is 0.0791 e. The van der Waals surface area contributed by atoms with Crippen LogP contribution in [0.25, 0.3) is 0 Å². The van der Waals surface area contributed by atoms with Gasteiger partial charge in [-0.15, -0.1) is 11.3 Å². The van der Waals surface area contributed by atoms with Crippen molar-refractivity contribution in [1.82, 2.24) is 10.2 Å². The molecule has 0 aliphatic heterocycles. The number of rotatable bonds is 8. The van der Waals surface area contributed by atoms with Gasteiger partial charge >= 0.3 is 0 Å². The highest BCUT2D eigenvalue weighted by atomic mass is 32.1. The molecule has 0 saturated carbocycles. The molecule has 0 aliphatic carbocycles. The SMILES string of the molecule is CCN(CC)CC(O)CNCc1cc(C)c(C)s1. The molecule has 0 spiro atoms. The standard InChI is InChI=1S/C14H26N2OS/c1-5-16(6-2)10-13(17)8-15-9-14-7-11(3)12(4)18-14/h7,13,15,17H,5-6,8-10H2,1-4H3. The summed E-state index contributed by atoms with van der Waals surface area (Å²) in [4.78, 5) is 4.97. The fourth-order valence-corrected chi connectivity index (χ4v) is 2.97. The van der Waals surface area contributed by atoms with Crippen molar-refractivity contribution in [3.63, 3.8) is 0 Å². The van der Waals surface area contributed by atoms with E-state index in [2.05, 4.69) is 44.0 Å². The van der Waals surface area contributed by atoms with Crippen molar-refractivity contribution in [2.75, 3.05) is 26.2 Å². The molecule has 1 atom stereocenters. The lowest BCUT2D eigenvalue weighted by Gasteiger charge is -2.21. The molecule has 1 aromatic heterocycles. The Morgan fingerprint density at radius 2 is 2.00 bits per heavy atom. The molecule has 0 aromatic carbocycles. The maximum absolute atomic E-state index is 9.92. The highest BCUT2D eigenvalue weighted by Gasteiger charge is 2.08. The topological polar surface area (TPSA) is 35.5 Å². The molecule has 2 N–H and O–H groups in total. The van der Waals surface area contributed by atoms with Crippen molar-refractivity contribution in [3.8, 4) is 0 Å². The van der Waals surface area contributed by atoms with E-state index >= 15 is 0 Å². The van der Waals surface area contributed by atoms with Crippen LogP contribution in [0.2, 0.25) is 0 Å². The van der Waals surface area contributed by atoms with Crippen LogP contribution < -0.4 is 5.32 Å². The fourth-order valence-electron chi connectivity index (χ4n) is 1.94. The van der Waals surface area contributed by atoms with Crippen molar-refractivity contribution >= 4 is 11.3 Å². The smallest absolute Gasteiger partial charge is 0.0791 e. The van der Waals surface area contributed by atoms with E-state index in [9.17, 15) is 5.11 Å². The molecule has 1 aromatic rings. The zero-order chi connectivity index (χ0) is 13.5. The molecular weight excluding hydrogens is 244 g/mol. The zero-order valence-electron chi connectivity index (χ0n) is 12.0. The van der Waals surface area contributed by atoms with E-state index in [0.717, 1.165) is 26.2 Å². The first kappa shape index (κ1) is 15.6. The van der Waals surface area contributed by atoms with Crippen LogP contribution in [0.4, 0.5) is 0 Å². The second-order valence-corrected chi connectivity index (χ2v) is 6.06. The average molecular weight is 270 g/mol. The van der Waals surface area contributed by atoms with Gasteiger partial charge < -0.3 is 15.3 Å². The molecule has 104 valence electrons. The Morgan fingerprint density at radius 3 is 2.50 bits per heavy atom. The summed E-state index contributed by atoms with van der Waals surface area (Å²) in [6.45, 7) is 12.8. The summed E-state index contributed by atoms with van der Waals surface area (Å²) in [5.41, 5.74) is 1.36. The molecule has 0 fully saturated rings. The number of aliphatic hydroxyl groups excluding tert-OH is 1. The van der Waals surface area contributed by atoms with E-state index in [1.54, 1.807) is 0 Å². The van der Waals surface area contributed by atoms with Crippen LogP contribution in [0, 0.1) is 13.8 Å². The Kier molecular flexibility index (Phi) is 6.86. The van der Waals surface area contributed by atoms with Gasteiger partial charge in [-0.1, -0.05) is 13.8 Å². The molecule has 3 nitrogen and oxygen atoms in total. The molecule has 0 bridgehead atoms. The molecular formula is C14H26N2OS. The van der Waals surface area contributed by atoms with Gasteiger partial charge in [0.05, 0.1) is 6.10 Å². The number of nitrogens with one attached hydrogen (secondary N) is 1. The van der Waals surface area contributed by atoms with E-state index in [1.165, 1.54) is 15.3 Å². The van der Waals surface area contributed by atoms with Crippen LogP contribution in [0.1, 0.15) is 29.2 Å². The first-order valence-corrected chi connectivity index (χ1v) is 7.55. The molecule has 0 saturated heterocycles. The minimum absolute atomic E-state index is 0.285. The fraction of sp³-hybridized carbons (Fsp3) is 0.714. The monoisotopic (exact) mass is 270 g/mol. The van der Waals surface area contributed by atoms with E-state index in [0.29, 0.717) is 6.54 Å². The minimum Gasteiger partial charge on any atom is -0.390 e. The predicted octanol–water partition coefficient (Wildman–Crippen LogP) is 2.16. The molecule has 1 unspecified atom stereocenters. The normalized spacial score (nSPS) is 13.2. The number of hydrogen-bond acceptors (Lipinski definition) is 4. The summed E-state index contributed by atoms with van der Waals surface area (Å²) < 4.78 is 0. The third kappa shape index (κ3) is 5.06. The molecule has 4 heteroatoms. The molecule has 0 amide bonds. The first-order valence-electron chi connectivity index (χ1n) is 6.73. The van der Waals surface area contributed by atoms with Crippen LogP contribution in [0.15, 0.2) is 6.07 Å². The second-order valence-electron chi connectivity index (χ2n) is 4.72. The summed E-state index contributed by atoms with van der Waals surface area (Å²) in [6.07, 6.45) is -0.285. The number of hydrogen-bond donors (Lipinski definition) is 2. The average Bonchev–Trinajstić information content (AvgIpc) is 2.65. The highest BCUT2D eigenvalue weighted by Crippen LogP contribution is 2.20.